The van der Waals surface area contributed by atoms with Gasteiger partial charge in [-0.2, -0.15) is 0 Å². The number of hydrogen-bond acceptors (Lipinski definition) is 14. The van der Waals surface area contributed by atoms with Crippen LogP contribution in [0.5, 0.6) is 0 Å². The van der Waals surface area contributed by atoms with Gasteiger partial charge in [-0.3, -0.25) is 29.0 Å². The summed E-state index contributed by atoms with van der Waals surface area (Å²) in [6.45, 7) is 38.4. The lowest BCUT2D eigenvalue weighted by atomic mass is 9.63. The summed E-state index contributed by atoms with van der Waals surface area (Å²) in [5.74, 6) is 1.19. The van der Waals surface area contributed by atoms with Gasteiger partial charge in [-0.05, 0) is 394 Å². The van der Waals surface area contributed by atoms with Crippen LogP contribution in [0.25, 0.3) is 0 Å². The number of fused-ring (bicyclic) bond motifs is 5. The maximum atomic E-state index is 13.9. The van der Waals surface area contributed by atoms with Gasteiger partial charge in [-0.25, -0.2) is 0 Å². The van der Waals surface area contributed by atoms with Crippen LogP contribution < -0.4 is 5.73 Å². The molecule has 738 valence electrons. The Morgan fingerprint density at radius 1 is 0.444 bits per heavy atom. The van der Waals surface area contributed by atoms with Crippen LogP contribution in [-0.2, 0) is 65.1 Å². The second-order valence-electron chi connectivity index (χ2n) is 45.1. The zero-order valence-corrected chi connectivity index (χ0v) is 89.5. The number of aryl methyl sites for hydroxylation is 5. The van der Waals surface area contributed by atoms with Gasteiger partial charge in [-0.1, -0.05) is 211 Å². The van der Waals surface area contributed by atoms with Gasteiger partial charge in [0.15, 0.2) is 5.78 Å². The minimum absolute atomic E-state index is 0. The van der Waals surface area contributed by atoms with E-state index in [2.05, 4.69) is 179 Å². The van der Waals surface area contributed by atoms with Crippen molar-refractivity contribution >= 4 is 131 Å². The van der Waals surface area contributed by atoms with E-state index < -0.39 is 18.6 Å². The molecule has 0 amide bonds. The number of aliphatic carboxylic acids is 1. The van der Waals surface area contributed by atoms with E-state index >= 15 is 0 Å². The number of hydrogen-bond donors (Lipinski definition) is 5. The summed E-state index contributed by atoms with van der Waals surface area (Å²) in [5.41, 5.74) is 16.4. The van der Waals surface area contributed by atoms with E-state index in [4.69, 9.17) is 92.4 Å². The van der Waals surface area contributed by atoms with Gasteiger partial charge in [-0.15, -0.1) is 12.4 Å². The second kappa shape index (κ2) is 50.0. The maximum absolute atomic E-state index is 13.9. The Kier molecular flexibility index (Phi) is 42.6. The summed E-state index contributed by atoms with van der Waals surface area (Å²) in [6.07, 6.45) is 37.1. The van der Waals surface area contributed by atoms with Crippen LogP contribution in [-0.4, -0.2) is 129 Å². The average molecular weight is 2020 g/mol. The topological polar surface area (TPSA) is 219 Å². The summed E-state index contributed by atoms with van der Waals surface area (Å²) >= 11 is 33.7. The Morgan fingerprint density at radius 3 is 1.22 bits per heavy atom. The third-order valence-corrected chi connectivity index (χ3v) is 33.7. The molecule has 133 heavy (non-hydrogen) atoms. The van der Waals surface area contributed by atoms with Gasteiger partial charge in [0.1, 0.15) is 17.1 Å². The van der Waals surface area contributed by atoms with Crippen molar-refractivity contribution in [3.05, 3.63) is 172 Å². The summed E-state index contributed by atoms with van der Waals surface area (Å²) in [4.78, 5) is 56.3. The van der Waals surface area contributed by atoms with Crippen molar-refractivity contribution in [3.63, 3.8) is 0 Å². The highest BCUT2D eigenvalue weighted by molar-refractivity contribution is 9.09. The number of alkyl halides is 1. The maximum Gasteiger partial charge on any atom is 0.457 e. The number of carboxylic acids is 1. The molecule has 5 fully saturated rings. The number of carbonyl (C=O) groups is 4. The summed E-state index contributed by atoms with van der Waals surface area (Å²) in [6, 6.07) is 31.0. The monoisotopic (exact) mass is 2010 g/mol. The van der Waals surface area contributed by atoms with Crippen molar-refractivity contribution in [1.29, 1.82) is 0 Å². The molecule has 5 aromatic rings. The number of benzene rings is 5. The van der Waals surface area contributed by atoms with Crippen molar-refractivity contribution in [2.75, 3.05) is 26.2 Å². The molecule has 25 heteroatoms. The molecule has 0 bridgehead atoms. The van der Waals surface area contributed by atoms with E-state index in [1.807, 2.05) is 42.5 Å². The highest BCUT2D eigenvalue weighted by Gasteiger charge is 2.53. The number of nitrogens with zero attached hydrogens (tertiary/aromatic N) is 2. The normalized spacial score (nSPS) is 23.0. The Balaban J connectivity index is 0.000000189. The number of carbonyl (C=O) groups excluding carboxylic acids is 3. The molecule has 15 nitrogen and oxygen atoms in total. The van der Waals surface area contributed by atoms with Crippen molar-refractivity contribution in [2.24, 2.45) is 45.1 Å². The third-order valence-electron chi connectivity index (χ3n) is 31.5. The molecular formula is C108H161B3BrCl6N3O12. The molecule has 1 saturated carbocycles. The molecule has 6 aliphatic carbocycles. The van der Waals surface area contributed by atoms with Crippen molar-refractivity contribution < 1.29 is 58.1 Å². The summed E-state index contributed by atoms with van der Waals surface area (Å²) < 4.78 is 24.7. The van der Waals surface area contributed by atoms with E-state index in [-0.39, 0.29) is 94.8 Å². The van der Waals surface area contributed by atoms with E-state index in [1.165, 1.54) is 103 Å². The fourth-order valence-electron chi connectivity index (χ4n) is 22.2. The minimum Gasteiger partial charge on any atom is -0.480 e. The first kappa shape index (κ1) is 113. The van der Waals surface area contributed by atoms with E-state index in [1.54, 1.807) is 6.07 Å². The molecule has 10 aliphatic rings. The molecule has 0 aromatic heterocycles. The predicted molar refractivity (Wildman–Crippen MR) is 558 cm³/mol. The largest absolute Gasteiger partial charge is 0.480 e. The van der Waals surface area contributed by atoms with Crippen LogP contribution in [0.2, 0.25) is 44.1 Å². The van der Waals surface area contributed by atoms with E-state index in [9.17, 15) is 29.4 Å². The lowest BCUT2D eigenvalue weighted by Gasteiger charge is -2.46. The quantitative estimate of drug-likeness (QED) is 0.0208. The molecule has 15 rings (SSSR count). The Hall–Kier alpha value is -3.41. The average Bonchev–Trinajstić information content (AvgIpc) is 1.10. The van der Waals surface area contributed by atoms with Gasteiger partial charge < -0.3 is 44.6 Å². The molecule has 6 N–H and O–H groups in total. The Labute approximate surface area is 840 Å². The zero-order chi connectivity index (χ0) is 96.5. The number of ketones is 3. The number of halogens is 7. The molecule has 0 spiro atoms. The number of nitrogens with two attached hydrogens (primary N) is 1. The van der Waals surface area contributed by atoms with E-state index in [0.29, 0.717) is 78.8 Å². The van der Waals surface area contributed by atoms with Gasteiger partial charge in [0.25, 0.3) is 0 Å². The number of unbranched alkanes of at least 4 members (excludes halogenated alkanes) is 3. The molecule has 7 unspecified atom stereocenters. The second-order valence-corrected chi connectivity index (χ2v) is 48.4. The van der Waals surface area contributed by atoms with Crippen molar-refractivity contribution in [2.45, 2.75) is 405 Å². The van der Waals surface area contributed by atoms with Crippen molar-refractivity contribution in [3.8, 4) is 0 Å². The van der Waals surface area contributed by atoms with Crippen LogP contribution in [0, 0.1) is 39.4 Å². The SMILES string of the molecule is CC(C)(C)CC(=O)C(C)(CCCCB1OC(C)(C)C(C)(C)O1)C1CCCCC1.CC(C)(C)CC(=O)C(C)(CCCCB1OC(C)(C)C(C)(C)O1)C1CCN(C2CCCc3cc(Cl)ccc32)CC1.Cl.Clc1ccc2c(c1)CCCC2Br.NC(CCCCB(O)O)(C(=O)O)C1CCN(C2CCCc3cc(Cl)ccc32)CC1.O=C1CCCc2cc(Cl)ccc21.OC1CCCc2cc(Cl)ccc21. The fraction of sp³-hybridized carbons (Fsp3) is 0.685. The van der Waals surface area contributed by atoms with Gasteiger partial charge in [0, 0.05) is 77.7 Å². The summed E-state index contributed by atoms with van der Waals surface area (Å²) in [5, 5.41) is 41.3. The fourth-order valence-corrected chi connectivity index (χ4v) is 23.9. The van der Waals surface area contributed by atoms with E-state index in [0.717, 1.165) is 203 Å². The minimum atomic E-state index is -1.34. The first-order valence-electron chi connectivity index (χ1n) is 50.4. The zero-order valence-electron chi connectivity index (χ0n) is 83.3. The molecule has 7 atom stereocenters. The Morgan fingerprint density at radius 2 is 0.797 bits per heavy atom. The summed E-state index contributed by atoms with van der Waals surface area (Å²) in [7, 11) is -1.61. The van der Waals surface area contributed by atoms with Crippen LogP contribution >= 0.6 is 86.3 Å². The number of aliphatic hydroxyl groups excluding tert-OH is 1. The highest BCUT2D eigenvalue weighted by Crippen LogP contribution is 2.51. The first-order chi connectivity index (χ1) is 62.0. The van der Waals surface area contributed by atoms with Crippen LogP contribution in [0.15, 0.2) is 91.0 Å². The molecule has 4 heterocycles. The van der Waals surface area contributed by atoms with Gasteiger partial charge in [0.05, 0.1) is 28.5 Å². The van der Waals surface area contributed by atoms with Crippen LogP contribution in [0.3, 0.4) is 0 Å². The number of aliphatic hydroxyl groups is 1. The number of likely N-dealkylation sites (tertiary alicyclic amines) is 2. The van der Waals surface area contributed by atoms with Crippen molar-refractivity contribution in [1.82, 2.24) is 9.80 Å². The van der Waals surface area contributed by atoms with Crippen LogP contribution in [0.4, 0.5) is 0 Å². The Bertz CT molecular complexity index is 4510. The molecule has 5 aromatic carbocycles. The standard InChI is InChI=1S/C33H53BClNO3.C24H45BO3.C21H32BClN2O4.C10H10BrCl.C10H11ClO.C10H9ClO.ClH/c1-30(2,3)23-29(37)33(8,18-9-10-19-34-38-31(4,5)32(6,7)39-34)25-16-20-36(21-17-25)28-13-11-12-24-22-26(35)14-15-27(24)28;1-21(2,3)18-20(26)24(8,19-14-10-9-11-15-19)16-12-13-17-25-27-22(4,5)23(6,7)28-25;23-17-6-7-18-15(14-17)4-3-5-19(18)25-12-8-16(9-13-25)21(24,20(26)27)10-1-2-11-22(28)29;11-10-3-1-2-7-6-8(12)4-5-9(7)10;2*11-8-4-5-9-7(6-8)2-1-3-10(9)12;/h14-15,22,25,28H,9-13,16-21,23H2,1-8H3;19H,9-18H2,1-8H3;6-7,14,16,19,28-29H,1-5,8-13,24H2,(H,26,27);4-6,10H,1-3H2;4-6,10,12H,1-3H2;4-6H,1-3H2;1H. The predicted octanol–water partition coefficient (Wildman–Crippen LogP) is 28.5. The molecule has 4 saturated heterocycles. The molecule has 0 radical (unpaired) electrons. The van der Waals surface area contributed by atoms with Crippen LogP contribution in [0.1, 0.15) is 387 Å². The number of piperidine rings is 2. The smallest absolute Gasteiger partial charge is 0.457 e. The van der Waals surface area contributed by atoms with Gasteiger partial charge in [0.2, 0.25) is 0 Å². The third kappa shape index (κ3) is 31.5. The lowest BCUT2D eigenvalue weighted by molar-refractivity contribution is -0.147. The number of Topliss-reactive ketones (excluding diaryl/α,β-unsaturated/α-hetero) is 3. The molecule has 4 aliphatic heterocycles. The highest BCUT2D eigenvalue weighted by atomic mass is 79.9. The van der Waals surface area contributed by atoms with Gasteiger partial charge >= 0.3 is 27.3 Å². The molecular weight excluding hydrogens is 1860 g/mol. The first-order valence-corrected chi connectivity index (χ1v) is 53.2. The number of carboxylic acid groups (broad SMARTS) is 1. The number of rotatable bonds is 25. The lowest BCUT2D eigenvalue weighted by Crippen LogP contribution is -2.57.